The van der Waals surface area contributed by atoms with Crippen LogP contribution in [0.4, 0.5) is 5.69 Å². The standard InChI is InChI=1S/C21H23N3O2/c25-19-11-16-18(12-20(19)26)23-17-4-2-1-3-15(17)21(16)22-13-7-9-24(10-8-13)14-5-6-14/h1-4,11-14,25-26H,5-10H2,(H,22,23). The Labute approximate surface area is 152 Å². The van der Waals surface area contributed by atoms with Crippen LogP contribution in [0.15, 0.2) is 36.4 Å². The molecule has 1 aromatic heterocycles. The van der Waals surface area contributed by atoms with E-state index in [-0.39, 0.29) is 11.5 Å². The molecule has 2 aliphatic rings. The Morgan fingerprint density at radius 2 is 1.62 bits per heavy atom. The highest BCUT2D eigenvalue weighted by Gasteiger charge is 2.32. The Balaban J connectivity index is 1.54. The van der Waals surface area contributed by atoms with Gasteiger partial charge in [0.2, 0.25) is 0 Å². The lowest BCUT2D eigenvalue weighted by Crippen LogP contribution is -2.40. The van der Waals surface area contributed by atoms with Crippen molar-refractivity contribution in [2.75, 3.05) is 18.4 Å². The number of phenols is 2. The lowest BCUT2D eigenvalue weighted by Gasteiger charge is -2.33. The summed E-state index contributed by atoms with van der Waals surface area (Å²) in [5.74, 6) is -0.245. The van der Waals surface area contributed by atoms with E-state index >= 15 is 0 Å². The minimum Gasteiger partial charge on any atom is -0.504 e. The molecule has 134 valence electrons. The highest BCUT2D eigenvalue weighted by atomic mass is 16.3. The van der Waals surface area contributed by atoms with Crippen molar-refractivity contribution in [2.45, 2.75) is 37.8 Å². The van der Waals surface area contributed by atoms with Crippen LogP contribution in [0, 0.1) is 0 Å². The molecule has 5 rings (SSSR count). The van der Waals surface area contributed by atoms with Gasteiger partial charge in [0.25, 0.3) is 0 Å². The molecule has 0 bridgehead atoms. The number of fused-ring (bicyclic) bond motifs is 2. The second-order valence-corrected chi connectivity index (χ2v) is 7.55. The van der Waals surface area contributed by atoms with Crippen LogP contribution >= 0.6 is 0 Å². The molecule has 5 nitrogen and oxygen atoms in total. The zero-order valence-corrected chi connectivity index (χ0v) is 14.7. The number of phenolic OH excluding ortho intramolecular Hbond substituents is 2. The van der Waals surface area contributed by atoms with Crippen LogP contribution in [0.1, 0.15) is 25.7 Å². The number of anilines is 1. The average molecular weight is 349 g/mol. The molecular weight excluding hydrogens is 326 g/mol. The maximum atomic E-state index is 10.0. The zero-order chi connectivity index (χ0) is 17.7. The van der Waals surface area contributed by atoms with E-state index in [2.05, 4.69) is 21.3 Å². The van der Waals surface area contributed by atoms with Crippen molar-refractivity contribution in [3.05, 3.63) is 36.4 Å². The normalized spacial score (nSPS) is 19.2. The number of piperidine rings is 1. The van der Waals surface area contributed by atoms with E-state index in [9.17, 15) is 10.2 Å². The van der Waals surface area contributed by atoms with Crippen molar-refractivity contribution >= 4 is 27.5 Å². The fourth-order valence-electron chi connectivity index (χ4n) is 4.12. The number of likely N-dealkylation sites (tertiary alicyclic amines) is 1. The first-order valence-electron chi connectivity index (χ1n) is 9.44. The quantitative estimate of drug-likeness (QED) is 0.495. The molecule has 2 fully saturated rings. The minimum atomic E-state index is -0.135. The van der Waals surface area contributed by atoms with Crippen molar-refractivity contribution < 1.29 is 10.2 Å². The molecule has 26 heavy (non-hydrogen) atoms. The van der Waals surface area contributed by atoms with Crippen LogP contribution in [-0.2, 0) is 0 Å². The molecule has 3 N–H and O–H groups in total. The topological polar surface area (TPSA) is 68.6 Å². The Bertz CT molecular complexity index is 976. The molecule has 1 saturated carbocycles. The smallest absolute Gasteiger partial charge is 0.159 e. The number of nitrogens with zero attached hydrogens (tertiary/aromatic N) is 2. The SMILES string of the molecule is Oc1cc2nc3ccccc3c(NC3CCN(C4CC4)CC3)c2cc1O. The van der Waals surface area contributed by atoms with Gasteiger partial charge >= 0.3 is 0 Å². The molecule has 2 heterocycles. The van der Waals surface area contributed by atoms with Gasteiger partial charge in [-0.05, 0) is 37.8 Å². The van der Waals surface area contributed by atoms with Gasteiger partial charge in [-0.1, -0.05) is 18.2 Å². The van der Waals surface area contributed by atoms with Crippen molar-refractivity contribution in [2.24, 2.45) is 0 Å². The van der Waals surface area contributed by atoms with Gasteiger partial charge in [0, 0.05) is 42.0 Å². The summed E-state index contributed by atoms with van der Waals surface area (Å²) in [5, 5.41) is 25.5. The first-order chi connectivity index (χ1) is 12.7. The maximum Gasteiger partial charge on any atom is 0.159 e. The van der Waals surface area contributed by atoms with Gasteiger partial charge < -0.3 is 20.4 Å². The molecule has 0 spiro atoms. The third-order valence-corrected chi connectivity index (χ3v) is 5.72. The lowest BCUT2D eigenvalue weighted by atomic mass is 10.0. The van der Waals surface area contributed by atoms with Crippen LogP contribution in [0.25, 0.3) is 21.8 Å². The molecule has 1 saturated heterocycles. The van der Waals surface area contributed by atoms with Crippen LogP contribution < -0.4 is 5.32 Å². The van der Waals surface area contributed by atoms with E-state index in [4.69, 9.17) is 0 Å². The maximum absolute atomic E-state index is 10.0. The van der Waals surface area contributed by atoms with E-state index in [0.717, 1.165) is 53.9 Å². The van der Waals surface area contributed by atoms with Gasteiger partial charge in [0.15, 0.2) is 11.5 Å². The van der Waals surface area contributed by atoms with Crippen molar-refractivity contribution in [1.82, 2.24) is 9.88 Å². The van der Waals surface area contributed by atoms with Gasteiger partial charge in [0.1, 0.15) is 0 Å². The lowest BCUT2D eigenvalue weighted by molar-refractivity contribution is 0.210. The summed E-state index contributed by atoms with van der Waals surface area (Å²) in [6.07, 6.45) is 4.97. The summed E-state index contributed by atoms with van der Waals surface area (Å²) >= 11 is 0. The van der Waals surface area contributed by atoms with Gasteiger partial charge in [-0.15, -0.1) is 0 Å². The van der Waals surface area contributed by atoms with Gasteiger partial charge in [-0.25, -0.2) is 4.98 Å². The second-order valence-electron chi connectivity index (χ2n) is 7.55. The minimum absolute atomic E-state index is 0.110. The van der Waals surface area contributed by atoms with Crippen molar-refractivity contribution in [1.29, 1.82) is 0 Å². The summed E-state index contributed by atoms with van der Waals surface area (Å²) in [6.45, 7) is 2.30. The predicted molar refractivity (Wildman–Crippen MR) is 104 cm³/mol. The van der Waals surface area contributed by atoms with E-state index in [0.29, 0.717) is 11.6 Å². The fraction of sp³-hybridized carbons (Fsp3) is 0.381. The zero-order valence-electron chi connectivity index (χ0n) is 14.7. The number of benzene rings is 2. The highest BCUT2D eigenvalue weighted by molar-refractivity contribution is 6.08. The summed E-state index contributed by atoms with van der Waals surface area (Å²) in [4.78, 5) is 7.27. The Kier molecular flexibility index (Phi) is 3.64. The number of pyridine rings is 1. The largest absolute Gasteiger partial charge is 0.504 e. The summed E-state index contributed by atoms with van der Waals surface area (Å²) in [5.41, 5.74) is 2.59. The molecule has 0 unspecified atom stereocenters. The first kappa shape index (κ1) is 15.7. The fourth-order valence-corrected chi connectivity index (χ4v) is 4.12. The first-order valence-corrected chi connectivity index (χ1v) is 9.44. The molecule has 0 atom stereocenters. The van der Waals surface area contributed by atoms with E-state index in [1.54, 1.807) is 6.07 Å². The molecule has 0 radical (unpaired) electrons. The molecule has 3 aromatic rings. The third kappa shape index (κ3) is 2.72. The molecular formula is C21H23N3O2. The van der Waals surface area contributed by atoms with Crippen LogP contribution in [0.5, 0.6) is 11.5 Å². The van der Waals surface area contributed by atoms with Crippen LogP contribution in [-0.4, -0.2) is 45.3 Å². The summed E-state index contributed by atoms with van der Waals surface area (Å²) in [7, 11) is 0. The third-order valence-electron chi connectivity index (χ3n) is 5.72. The molecule has 2 aromatic carbocycles. The number of aromatic nitrogens is 1. The Morgan fingerprint density at radius 3 is 2.38 bits per heavy atom. The molecule has 1 aliphatic carbocycles. The monoisotopic (exact) mass is 349 g/mol. The van der Waals surface area contributed by atoms with Gasteiger partial charge in [-0.2, -0.15) is 0 Å². The number of nitrogens with one attached hydrogen (secondary N) is 1. The Hall–Kier alpha value is -2.53. The number of hydrogen-bond acceptors (Lipinski definition) is 5. The Morgan fingerprint density at radius 1 is 0.885 bits per heavy atom. The molecule has 1 aliphatic heterocycles. The van der Waals surface area contributed by atoms with Gasteiger partial charge in [-0.3, -0.25) is 0 Å². The molecule has 0 amide bonds. The average Bonchev–Trinajstić information content (AvgIpc) is 3.49. The van der Waals surface area contributed by atoms with Crippen molar-refractivity contribution in [3.63, 3.8) is 0 Å². The van der Waals surface area contributed by atoms with E-state index in [1.165, 1.54) is 18.9 Å². The van der Waals surface area contributed by atoms with Crippen molar-refractivity contribution in [3.8, 4) is 11.5 Å². The van der Waals surface area contributed by atoms with Gasteiger partial charge in [0.05, 0.1) is 16.7 Å². The predicted octanol–water partition coefficient (Wildman–Crippen LogP) is 3.84. The number of aromatic hydroxyl groups is 2. The number of para-hydroxylation sites is 1. The molecule has 5 heteroatoms. The highest BCUT2D eigenvalue weighted by Crippen LogP contribution is 2.38. The number of hydrogen-bond donors (Lipinski definition) is 3. The van der Waals surface area contributed by atoms with E-state index in [1.807, 2.05) is 18.2 Å². The van der Waals surface area contributed by atoms with Crippen LogP contribution in [0.3, 0.4) is 0 Å². The van der Waals surface area contributed by atoms with E-state index < -0.39 is 0 Å². The number of rotatable bonds is 3. The second kappa shape index (κ2) is 6.02. The van der Waals surface area contributed by atoms with Crippen LogP contribution in [0.2, 0.25) is 0 Å². The summed E-state index contributed by atoms with van der Waals surface area (Å²) in [6, 6.07) is 12.4. The summed E-state index contributed by atoms with van der Waals surface area (Å²) < 4.78 is 0.